The Morgan fingerprint density at radius 3 is 2.24 bits per heavy atom. The molecule has 0 saturated heterocycles. The van der Waals surface area contributed by atoms with E-state index >= 15 is 0 Å². The van der Waals surface area contributed by atoms with Crippen LogP contribution >= 0.6 is 0 Å². The Morgan fingerprint density at radius 2 is 1.65 bits per heavy atom. The molecule has 3 aromatic rings. The van der Waals surface area contributed by atoms with Crippen molar-refractivity contribution in [3.05, 3.63) is 78.6 Å². The molecule has 34 heavy (non-hydrogen) atoms. The summed E-state index contributed by atoms with van der Waals surface area (Å²) in [7, 11) is 1.71. The van der Waals surface area contributed by atoms with Gasteiger partial charge in [-0.05, 0) is 49.2 Å². The molecule has 3 N–H and O–H groups in total. The van der Waals surface area contributed by atoms with E-state index in [9.17, 15) is 13.2 Å². The van der Waals surface area contributed by atoms with Crippen LogP contribution in [0.2, 0.25) is 0 Å². The number of ether oxygens (including phenoxy) is 1. The van der Waals surface area contributed by atoms with Crippen molar-refractivity contribution in [1.29, 1.82) is 0 Å². The number of benzene rings is 2. The Labute approximate surface area is 196 Å². The van der Waals surface area contributed by atoms with Crippen LogP contribution in [0.3, 0.4) is 0 Å². The van der Waals surface area contributed by atoms with Gasteiger partial charge in [0.25, 0.3) is 0 Å². The number of carboxylic acids is 1. The summed E-state index contributed by atoms with van der Waals surface area (Å²) in [6.07, 6.45) is -0.416. The van der Waals surface area contributed by atoms with E-state index < -0.39 is 12.1 Å². The van der Waals surface area contributed by atoms with Crippen molar-refractivity contribution < 1.29 is 27.8 Å². The van der Waals surface area contributed by atoms with Crippen LogP contribution in [-0.4, -0.2) is 42.4 Å². The van der Waals surface area contributed by atoms with Gasteiger partial charge < -0.3 is 20.5 Å². The lowest BCUT2D eigenvalue weighted by Crippen LogP contribution is -2.21. The third-order valence-electron chi connectivity index (χ3n) is 4.88. The van der Waals surface area contributed by atoms with Crippen molar-refractivity contribution in [2.75, 3.05) is 25.5 Å². The Balaban J connectivity index is 0.000000509. The molecule has 3 rings (SSSR count). The van der Waals surface area contributed by atoms with E-state index in [-0.39, 0.29) is 0 Å². The Bertz CT molecular complexity index is 1010. The summed E-state index contributed by atoms with van der Waals surface area (Å²) < 4.78 is 37.2. The fraction of sp³-hybridized carbons (Fsp3) is 0.280. The number of aromatic nitrogens is 1. The minimum absolute atomic E-state index is 0.317. The molecule has 0 radical (unpaired) electrons. The van der Waals surface area contributed by atoms with Crippen molar-refractivity contribution in [1.82, 2.24) is 10.3 Å². The molecule has 1 atom stereocenters. The average Bonchev–Trinajstić information content (AvgIpc) is 2.84. The molecule has 1 heterocycles. The number of rotatable bonds is 9. The highest BCUT2D eigenvalue weighted by Gasteiger charge is 2.38. The summed E-state index contributed by atoms with van der Waals surface area (Å²) in [4.78, 5) is 12.9. The van der Waals surface area contributed by atoms with Gasteiger partial charge in [-0.3, -0.25) is 4.98 Å². The number of halogens is 3. The van der Waals surface area contributed by atoms with Crippen molar-refractivity contribution in [2.45, 2.75) is 25.6 Å². The number of para-hydroxylation sites is 1. The van der Waals surface area contributed by atoms with E-state index in [4.69, 9.17) is 14.6 Å². The van der Waals surface area contributed by atoms with Gasteiger partial charge >= 0.3 is 12.1 Å². The summed E-state index contributed by atoms with van der Waals surface area (Å²) in [5, 5.41) is 14.1. The Kier molecular flexibility index (Phi) is 10.3. The van der Waals surface area contributed by atoms with Crippen molar-refractivity contribution in [2.24, 2.45) is 0 Å². The van der Waals surface area contributed by atoms with Gasteiger partial charge in [0.1, 0.15) is 5.75 Å². The first-order valence-electron chi connectivity index (χ1n) is 10.6. The molecular formula is C25H28F3N3O3. The molecule has 0 spiro atoms. The van der Waals surface area contributed by atoms with Crippen LogP contribution in [-0.2, 0) is 4.79 Å². The second kappa shape index (κ2) is 13.2. The Morgan fingerprint density at radius 1 is 1.03 bits per heavy atom. The van der Waals surface area contributed by atoms with Gasteiger partial charge in [0.15, 0.2) is 0 Å². The number of carbonyl (C=O) groups is 1. The number of methoxy groups -OCH3 is 1. The number of hydrogen-bond donors (Lipinski definition) is 3. The van der Waals surface area contributed by atoms with Gasteiger partial charge in [-0.25, -0.2) is 4.79 Å². The number of nitrogens with one attached hydrogen (secondary N) is 2. The number of hydrogen-bond acceptors (Lipinski definition) is 5. The highest BCUT2D eigenvalue weighted by Crippen LogP contribution is 2.30. The second-order valence-corrected chi connectivity index (χ2v) is 7.32. The molecule has 0 fully saturated rings. The first-order valence-corrected chi connectivity index (χ1v) is 10.6. The SMILES string of the molecule is COc1ccccc1-c1ccc(C(C)NCCCNc2ccncc2)cc1.O=C(O)C(F)(F)F. The lowest BCUT2D eigenvalue weighted by molar-refractivity contribution is -0.192. The van der Waals surface area contributed by atoms with Gasteiger partial charge in [-0.2, -0.15) is 13.2 Å². The predicted octanol–water partition coefficient (Wildman–Crippen LogP) is 5.54. The van der Waals surface area contributed by atoms with Crippen LogP contribution in [0.5, 0.6) is 5.75 Å². The van der Waals surface area contributed by atoms with Gasteiger partial charge in [0, 0.05) is 36.2 Å². The minimum atomic E-state index is -5.08. The molecule has 0 amide bonds. The van der Waals surface area contributed by atoms with Gasteiger partial charge in [-0.15, -0.1) is 0 Å². The number of anilines is 1. The molecule has 0 aliphatic heterocycles. The number of pyridine rings is 1. The molecule has 0 aliphatic rings. The quantitative estimate of drug-likeness (QED) is 0.352. The van der Waals surface area contributed by atoms with Crippen LogP contribution in [0.4, 0.5) is 18.9 Å². The van der Waals surface area contributed by atoms with Crippen LogP contribution in [0, 0.1) is 0 Å². The topological polar surface area (TPSA) is 83.5 Å². The van der Waals surface area contributed by atoms with E-state index in [1.807, 2.05) is 30.3 Å². The van der Waals surface area contributed by atoms with Crippen LogP contribution in [0.25, 0.3) is 11.1 Å². The number of nitrogens with zero attached hydrogens (tertiary/aromatic N) is 1. The number of carboxylic acid groups (broad SMARTS) is 1. The van der Waals surface area contributed by atoms with E-state index in [2.05, 4.69) is 52.9 Å². The lowest BCUT2D eigenvalue weighted by Gasteiger charge is -2.16. The monoisotopic (exact) mass is 475 g/mol. The first kappa shape index (κ1) is 26.7. The molecule has 6 nitrogen and oxygen atoms in total. The molecule has 182 valence electrons. The number of alkyl halides is 3. The van der Waals surface area contributed by atoms with Gasteiger partial charge in [0.05, 0.1) is 7.11 Å². The third kappa shape index (κ3) is 8.74. The largest absolute Gasteiger partial charge is 0.496 e. The van der Waals surface area contributed by atoms with E-state index in [1.165, 1.54) is 11.1 Å². The maximum absolute atomic E-state index is 10.6. The summed E-state index contributed by atoms with van der Waals surface area (Å²) >= 11 is 0. The molecule has 1 unspecified atom stereocenters. The number of aliphatic carboxylic acids is 1. The fourth-order valence-electron chi connectivity index (χ4n) is 3.06. The molecule has 1 aromatic heterocycles. The second-order valence-electron chi connectivity index (χ2n) is 7.32. The summed E-state index contributed by atoms with van der Waals surface area (Å²) in [6, 6.07) is 21.1. The lowest BCUT2D eigenvalue weighted by atomic mass is 10.0. The predicted molar refractivity (Wildman–Crippen MR) is 126 cm³/mol. The Hall–Kier alpha value is -3.59. The molecule has 0 aliphatic carbocycles. The maximum Gasteiger partial charge on any atom is 0.490 e. The zero-order valence-electron chi connectivity index (χ0n) is 19.0. The average molecular weight is 476 g/mol. The molecule has 9 heteroatoms. The third-order valence-corrected chi connectivity index (χ3v) is 4.88. The van der Waals surface area contributed by atoms with Crippen molar-refractivity contribution in [3.8, 4) is 16.9 Å². The summed E-state index contributed by atoms with van der Waals surface area (Å²) in [6.45, 7) is 4.11. The molecule has 0 bridgehead atoms. The van der Waals surface area contributed by atoms with Crippen molar-refractivity contribution in [3.63, 3.8) is 0 Å². The zero-order chi connectivity index (χ0) is 25.0. The molecular weight excluding hydrogens is 447 g/mol. The van der Waals surface area contributed by atoms with Crippen LogP contribution in [0.1, 0.15) is 24.9 Å². The van der Waals surface area contributed by atoms with Crippen LogP contribution < -0.4 is 15.4 Å². The molecule has 0 saturated carbocycles. The van der Waals surface area contributed by atoms with Gasteiger partial charge in [0.2, 0.25) is 0 Å². The van der Waals surface area contributed by atoms with Crippen LogP contribution in [0.15, 0.2) is 73.1 Å². The normalized spacial score (nSPS) is 11.7. The van der Waals surface area contributed by atoms with Crippen molar-refractivity contribution >= 4 is 11.7 Å². The van der Waals surface area contributed by atoms with Gasteiger partial charge in [-0.1, -0.05) is 42.5 Å². The fourth-order valence-corrected chi connectivity index (χ4v) is 3.06. The van der Waals surface area contributed by atoms with E-state index in [0.29, 0.717) is 6.04 Å². The first-order chi connectivity index (χ1) is 16.2. The summed E-state index contributed by atoms with van der Waals surface area (Å²) in [5.41, 5.74) is 4.69. The van der Waals surface area contributed by atoms with E-state index in [0.717, 1.165) is 36.5 Å². The smallest absolute Gasteiger partial charge is 0.490 e. The maximum atomic E-state index is 10.6. The minimum Gasteiger partial charge on any atom is -0.496 e. The zero-order valence-corrected chi connectivity index (χ0v) is 19.0. The highest BCUT2D eigenvalue weighted by molar-refractivity contribution is 5.73. The van der Waals surface area contributed by atoms with E-state index in [1.54, 1.807) is 19.5 Å². The summed E-state index contributed by atoms with van der Waals surface area (Å²) in [5.74, 6) is -1.86. The highest BCUT2D eigenvalue weighted by atomic mass is 19.4. The standard InChI is InChI=1S/C23H27N3O.C2HF3O2/c1-18(25-14-5-15-26-21-12-16-24-17-13-21)19-8-10-20(11-9-19)22-6-3-4-7-23(22)27-2;3-2(4,5)1(6)7/h3-4,6-13,16-18,25H,5,14-15H2,1-2H3,(H,24,26);(H,6,7). The molecule has 2 aromatic carbocycles.